The zero-order chi connectivity index (χ0) is 22.6. The maximum absolute atomic E-state index is 8.32. The molecule has 1 aromatic carbocycles. The number of hydrogen-bond donors (Lipinski definition) is 0. The van der Waals surface area contributed by atoms with Gasteiger partial charge in [0, 0.05) is 29.5 Å². The first kappa shape index (κ1) is 6.89. The van der Waals surface area contributed by atoms with Crippen LogP contribution in [-0.2, 0) is 13.4 Å². The lowest BCUT2D eigenvalue weighted by atomic mass is 9.96. The van der Waals surface area contributed by atoms with E-state index >= 15 is 0 Å². The van der Waals surface area contributed by atoms with Crippen molar-refractivity contribution in [2.45, 2.75) is 40.8 Å². The van der Waals surface area contributed by atoms with Gasteiger partial charge in [-0.3, -0.25) is 0 Å². The highest BCUT2D eigenvalue weighted by Gasteiger charge is 2.14. The number of aryl methyl sites for hydroxylation is 4. The van der Waals surface area contributed by atoms with Gasteiger partial charge in [0.2, 0.25) is 5.69 Å². The fourth-order valence-electron chi connectivity index (χ4n) is 2.26. The Morgan fingerprint density at radius 3 is 2.70 bits per heavy atom. The molecule has 0 spiro atoms. The molecule has 0 radical (unpaired) electrons. The van der Waals surface area contributed by atoms with E-state index in [4.69, 9.17) is 12.3 Å². The van der Waals surface area contributed by atoms with Gasteiger partial charge in [0.05, 0.1) is 0 Å². The highest BCUT2D eigenvalue weighted by Crippen LogP contribution is 2.24. The summed E-state index contributed by atoms with van der Waals surface area (Å²) in [5, 5.41) is 0. The standard InChI is InChI=1S/C19H26N/c1-13(2)9-17-7-8-18(15(4)10-17)19-11-14(3)16(5)12-20(19)6/h7-8,10-13H,9H2,1-6H3/q+1/i1D3,5D3,9D2,13D. The second kappa shape index (κ2) is 5.78. The molecule has 0 N–H and O–H groups in total. The van der Waals surface area contributed by atoms with Gasteiger partial charge in [-0.1, -0.05) is 25.9 Å². The van der Waals surface area contributed by atoms with Gasteiger partial charge in [-0.05, 0) is 55.7 Å². The van der Waals surface area contributed by atoms with Crippen molar-refractivity contribution in [1.82, 2.24) is 0 Å². The van der Waals surface area contributed by atoms with Crippen LogP contribution >= 0.6 is 0 Å². The largest absolute Gasteiger partial charge is 0.212 e. The number of hydrogen-bond acceptors (Lipinski definition) is 0. The van der Waals surface area contributed by atoms with Crippen LogP contribution in [0.2, 0.25) is 0 Å². The minimum absolute atomic E-state index is 0.117. The average Bonchev–Trinajstić information content (AvgIpc) is 2.54. The summed E-state index contributed by atoms with van der Waals surface area (Å²) in [7, 11) is 1.74. The zero-order valence-electron chi connectivity index (χ0n) is 21.3. The highest BCUT2D eigenvalue weighted by atomic mass is 14.9. The van der Waals surface area contributed by atoms with Gasteiger partial charge in [0.1, 0.15) is 7.05 Å². The quantitative estimate of drug-likeness (QED) is 0.736. The predicted octanol–water partition coefficient (Wildman–Crippen LogP) is 4.30. The predicted molar refractivity (Wildman–Crippen MR) is 85.8 cm³/mol. The van der Waals surface area contributed by atoms with E-state index in [1.807, 2.05) is 0 Å². The molecule has 1 heterocycles. The van der Waals surface area contributed by atoms with Crippen LogP contribution < -0.4 is 4.57 Å². The maximum atomic E-state index is 8.32. The molecule has 1 heteroatoms. The first-order chi connectivity index (χ1) is 12.9. The molecule has 0 saturated carbocycles. The van der Waals surface area contributed by atoms with E-state index in [1.165, 1.54) is 6.07 Å². The van der Waals surface area contributed by atoms with Gasteiger partial charge in [0.15, 0.2) is 6.20 Å². The molecule has 1 aromatic heterocycles. The third kappa shape index (κ3) is 3.09. The third-order valence-corrected chi connectivity index (χ3v) is 3.31. The molecule has 2 rings (SSSR count). The number of benzene rings is 1. The molecule has 106 valence electrons. The summed E-state index contributed by atoms with van der Waals surface area (Å²) in [6, 6.07) is 6.51. The molecule has 0 fully saturated rings. The fraction of sp³-hybridized carbons (Fsp3) is 0.421. The van der Waals surface area contributed by atoms with E-state index in [0.717, 1.165) is 18.2 Å². The fourth-order valence-corrected chi connectivity index (χ4v) is 2.26. The summed E-state index contributed by atoms with van der Waals surface area (Å²) in [5.74, 6) is -2.32. The molecule has 0 aliphatic heterocycles. The molecule has 1 unspecified atom stereocenters. The number of nitrogens with zero attached hydrogens (tertiary/aromatic N) is 1. The lowest BCUT2D eigenvalue weighted by Crippen LogP contribution is -2.31. The van der Waals surface area contributed by atoms with Crippen molar-refractivity contribution in [2.75, 3.05) is 0 Å². The van der Waals surface area contributed by atoms with Gasteiger partial charge in [-0.25, -0.2) is 4.57 Å². The molecule has 20 heavy (non-hydrogen) atoms. The van der Waals surface area contributed by atoms with Gasteiger partial charge in [-0.2, -0.15) is 0 Å². The Morgan fingerprint density at radius 2 is 2.05 bits per heavy atom. The van der Waals surface area contributed by atoms with Gasteiger partial charge < -0.3 is 0 Å². The van der Waals surface area contributed by atoms with E-state index in [1.54, 1.807) is 49.9 Å². The number of rotatable bonds is 3. The number of pyridine rings is 1. The maximum Gasteiger partial charge on any atom is 0.212 e. The Hall–Kier alpha value is -1.63. The lowest BCUT2D eigenvalue weighted by molar-refractivity contribution is -0.660. The van der Waals surface area contributed by atoms with Crippen molar-refractivity contribution in [1.29, 1.82) is 0 Å². The molecule has 1 atom stereocenters. The van der Waals surface area contributed by atoms with Crippen molar-refractivity contribution in [3.05, 3.63) is 52.7 Å². The van der Waals surface area contributed by atoms with Crippen molar-refractivity contribution in [3.63, 3.8) is 0 Å². The summed E-state index contributed by atoms with van der Waals surface area (Å²) >= 11 is 0. The van der Waals surface area contributed by atoms with E-state index in [-0.39, 0.29) is 11.1 Å². The molecular weight excluding hydrogens is 242 g/mol. The molecule has 0 aliphatic carbocycles. The van der Waals surface area contributed by atoms with Crippen molar-refractivity contribution in [3.8, 4) is 11.3 Å². The summed E-state index contributed by atoms with van der Waals surface area (Å²) in [5.41, 5.74) is 3.22. The van der Waals surface area contributed by atoms with Crippen LogP contribution in [-0.4, -0.2) is 0 Å². The van der Waals surface area contributed by atoms with Crippen LogP contribution in [0, 0.1) is 26.6 Å². The molecule has 2 aromatic rings. The Kier molecular flexibility index (Phi) is 1.99. The monoisotopic (exact) mass is 277 g/mol. The molecule has 0 bridgehead atoms. The summed E-state index contributed by atoms with van der Waals surface area (Å²) in [6.07, 6.45) is -0.829. The van der Waals surface area contributed by atoms with E-state index in [2.05, 4.69) is 0 Å². The first-order valence-corrected chi connectivity index (χ1v) is 6.53. The molecule has 1 nitrogen and oxygen atoms in total. The van der Waals surface area contributed by atoms with Crippen LogP contribution in [0.4, 0.5) is 0 Å². The molecule has 0 saturated heterocycles. The van der Waals surface area contributed by atoms with Crippen LogP contribution in [0.15, 0.2) is 30.5 Å². The smallest absolute Gasteiger partial charge is 0.201 e. The van der Waals surface area contributed by atoms with Crippen molar-refractivity contribution >= 4 is 0 Å². The van der Waals surface area contributed by atoms with E-state index in [0.29, 0.717) is 11.1 Å². The van der Waals surface area contributed by atoms with Gasteiger partial charge in [-0.15, -0.1) is 0 Å². The number of aromatic nitrogens is 1. The molecule has 0 amide bonds. The van der Waals surface area contributed by atoms with Crippen molar-refractivity contribution in [2.24, 2.45) is 12.9 Å². The minimum atomic E-state index is -2.79. The summed E-state index contributed by atoms with van der Waals surface area (Å²) < 4.78 is 72.1. The Morgan fingerprint density at radius 1 is 1.25 bits per heavy atom. The van der Waals surface area contributed by atoms with Crippen molar-refractivity contribution < 1.29 is 16.9 Å². The Bertz CT molecular complexity index is 924. The topological polar surface area (TPSA) is 3.88 Å². The first-order valence-electron chi connectivity index (χ1n) is 11.0. The minimum Gasteiger partial charge on any atom is -0.201 e. The third-order valence-electron chi connectivity index (χ3n) is 3.31. The zero-order valence-corrected chi connectivity index (χ0v) is 12.3. The normalized spacial score (nSPS) is 22.7. The summed E-state index contributed by atoms with van der Waals surface area (Å²) in [4.78, 5) is 0. The Balaban J connectivity index is 2.58. The van der Waals surface area contributed by atoms with Gasteiger partial charge in [0.25, 0.3) is 0 Å². The average molecular weight is 277 g/mol. The van der Waals surface area contributed by atoms with E-state index < -0.39 is 26.0 Å². The Labute approximate surface area is 135 Å². The SMILES string of the molecule is [2H]C([2H])([2H])c1c[n+](C)c(-c2ccc(C([2H])([2H])C([2H])(C)C([2H])([2H])[2H])cc2C)cc1C. The molecular formula is C19H26N+. The highest BCUT2D eigenvalue weighted by molar-refractivity contribution is 5.62. The van der Waals surface area contributed by atoms with Crippen LogP contribution in [0.5, 0.6) is 0 Å². The summed E-state index contributed by atoms with van der Waals surface area (Å²) in [6.45, 7) is -0.422. The van der Waals surface area contributed by atoms with Crippen LogP contribution in [0.3, 0.4) is 0 Å². The van der Waals surface area contributed by atoms with Crippen LogP contribution in [0.25, 0.3) is 11.3 Å². The van der Waals surface area contributed by atoms with Gasteiger partial charge >= 0.3 is 0 Å². The molecule has 0 aliphatic rings. The lowest BCUT2D eigenvalue weighted by Gasteiger charge is -2.10. The second-order valence-electron chi connectivity index (χ2n) is 5.15. The van der Waals surface area contributed by atoms with Crippen LogP contribution in [0.1, 0.15) is 48.4 Å². The second-order valence-corrected chi connectivity index (χ2v) is 5.15. The van der Waals surface area contributed by atoms with E-state index in [9.17, 15) is 0 Å².